The molecule has 2 aromatic heterocycles. The van der Waals surface area contributed by atoms with Crippen molar-refractivity contribution in [2.45, 2.75) is 109 Å². The lowest BCUT2D eigenvalue weighted by Gasteiger charge is -2.36. The van der Waals surface area contributed by atoms with Crippen LogP contribution >= 0.6 is 11.3 Å². The summed E-state index contributed by atoms with van der Waals surface area (Å²) in [5.74, 6) is 1.17. The third-order valence-electron chi connectivity index (χ3n) is 8.38. The quantitative estimate of drug-likeness (QED) is 0.385. The van der Waals surface area contributed by atoms with Gasteiger partial charge in [0, 0.05) is 24.1 Å². The Hall–Kier alpha value is -1.71. The fraction of sp³-hybridized carbons (Fsp3) is 0.731. The third kappa shape index (κ3) is 5.51. The fourth-order valence-electron chi connectivity index (χ4n) is 5.27. The van der Waals surface area contributed by atoms with Gasteiger partial charge in [0.15, 0.2) is 8.32 Å². The second-order valence-electron chi connectivity index (χ2n) is 11.5. The molecule has 1 amide bonds. The molecule has 0 unspecified atom stereocenters. The van der Waals surface area contributed by atoms with Crippen molar-refractivity contribution >= 4 is 36.0 Å². The maximum absolute atomic E-state index is 11.5. The Morgan fingerprint density at radius 1 is 1.20 bits per heavy atom. The summed E-state index contributed by atoms with van der Waals surface area (Å²) in [7, 11) is -1.76. The SMILES string of the molecule is CCN(C(=O)O)C1CCC(Oc2ncnc3sc4c(c23)[C@@H](CCO[Si](C)(C)C(C)(C)C)CC4)CC1. The lowest BCUT2D eigenvalue weighted by Crippen LogP contribution is -2.42. The van der Waals surface area contributed by atoms with Crippen molar-refractivity contribution in [3.63, 3.8) is 0 Å². The number of nitrogens with zero attached hydrogens (tertiary/aromatic N) is 3. The molecule has 1 atom stereocenters. The number of fused-ring (bicyclic) bond motifs is 3. The molecule has 2 aliphatic rings. The maximum atomic E-state index is 11.5. The molecule has 0 aliphatic heterocycles. The average Bonchev–Trinajstić information content (AvgIpc) is 3.34. The van der Waals surface area contributed by atoms with Gasteiger partial charge >= 0.3 is 6.09 Å². The zero-order valence-corrected chi connectivity index (χ0v) is 23.9. The molecule has 2 aliphatic carbocycles. The summed E-state index contributed by atoms with van der Waals surface area (Å²) in [6.45, 7) is 14.7. The number of hydrogen-bond donors (Lipinski definition) is 1. The Kier molecular flexibility index (Phi) is 7.79. The van der Waals surface area contributed by atoms with Gasteiger partial charge in [-0.25, -0.2) is 14.8 Å². The molecule has 0 saturated heterocycles. The molecule has 0 bridgehead atoms. The van der Waals surface area contributed by atoms with E-state index in [0.717, 1.165) is 61.8 Å². The largest absolute Gasteiger partial charge is 0.474 e. The molecule has 1 fully saturated rings. The molecular formula is C26H41N3O4SSi. The molecule has 194 valence electrons. The van der Waals surface area contributed by atoms with E-state index < -0.39 is 14.4 Å². The Morgan fingerprint density at radius 2 is 1.91 bits per heavy atom. The second kappa shape index (κ2) is 10.3. The summed E-state index contributed by atoms with van der Waals surface area (Å²) < 4.78 is 13.0. The molecule has 2 heterocycles. The first kappa shape index (κ1) is 26.4. The fourth-order valence-corrected chi connectivity index (χ4v) is 7.57. The van der Waals surface area contributed by atoms with E-state index in [9.17, 15) is 9.90 Å². The van der Waals surface area contributed by atoms with Crippen molar-refractivity contribution in [2.75, 3.05) is 13.2 Å². The van der Waals surface area contributed by atoms with Crippen molar-refractivity contribution in [3.8, 4) is 5.88 Å². The molecular weight excluding hydrogens is 478 g/mol. The van der Waals surface area contributed by atoms with Crippen LogP contribution < -0.4 is 4.74 Å². The van der Waals surface area contributed by atoms with Gasteiger partial charge in [-0.05, 0) is 81.5 Å². The second-order valence-corrected chi connectivity index (χ2v) is 17.4. The smallest absolute Gasteiger partial charge is 0.407 e. The molecule has 1 N–H and O–H groups in total. The first-order valence-electron chi connectivity index (χ1n) is 13.1. The highest BCUT2D eigenvalue weighted by atomic mass is 32.1. The van der Waals surface area contributed by atoms with Crippen molar-refractivity contribution in [1.82, 2.24) is 14.9 Å². The van der Waals surface area contributed by atoms with Gasteiger partial charge in [0.05, 0.1) is 5.39 Å². The molecule has 2 aromatic rings. The number of aryl methyl sites for hydroxylation is 1. The first-order chi connectivity index (χ1) is 16.5. The molecule has 4 rings (SSSR count). The number of rotatable bonds is 8. The minimum Gasteiger partial charge on any atom is -0.474 e. The van der Waals surface area contributed by atoms with E-state index in [4.69, 9.17) is 9.16 Å². The molecule has 9 heteroatoms. The van der Waals surface area contributed by atoms with Gasteiger partial charge in [0.1, 0.15) is 17.3 Å². The van der Waals surface area contributed by atoms with Crippen molar-refractivity contribution < 1.29 is 19.1 Å². The highest BCUT2D eigenvalue weighted by Crippen LogP contribution is 2.48. The van der Waals surface area contributed by atoms with Crippen molar-refractivity contribution in [3.05, 3.63) is 16.8 Å². The van der Waals surface area contributed by atoms with Crippen molar-refractivity contribution in [1.29, 1.82) is 0 Å². The van der Waals surface area contributed by atoms with E-state index in [1.54, 1.807) is 22.6 Å². The van der Waals surface area contributed by atoms with Crippen LogP contribution in [0.1, 0.15) is 82.6 Å². The predicted molar refractivity (Wildman–Crippen MR) is 143 cm³/mol. The van der Waals surface area contributed by atoms with Crippen LogP contribution in [0, 0.1) is 0 Å². The topological polar surface area (TPSA) is 84.8 Å². The van der Waals surface area contributed by atoms with Gasteiger partial charge in [-0.1, -0.05) is 20.8 Å². The number of hydrogen-bond acceptors (Lipinski definition) is 6. The van der Waals surface area contributed by atoms with Crippen LogP contribution in [0.5, 0.6) is 5.88 Å². The summed E-state index contributed by atoms with van der Waals surface area (Å²) in [5.41, 5.74) is 1.39. The van der Waals surface area contributed by atoms with Crippen LogP contribution in [-0.4, -0.2) is 59.7 Å². The molecule has 7 nitrogen and oxygen atoms in total. The van der Waals surface area contributed by atoms with Gasteiger partial charge in [0.2, 0.25) is 5.88 Å². The van der Waals surface area contributed by atoms with Gasteiger partial charge in [-0.3, -0.25) is 0 Å². The summed E-state index contributed by atoms with van der Waals surface area (Å²) >= 11 is 1.78. The molecule has 0 aromatic carbocycles. The summed E-state index contributed by atoms with van der Waals surface area (Å²) in [6, 6.07) is 0.0819. The zero-order valence-electron chi connectivity index (χ0n) is 22.1. The van der Waals surface area contributed by atoms with E-state index in [-0.39, 0.29) is 17.2 Å². The van der Waals surface area contributed by atoms with Crippen LogP contribution in [0.25, 0.3) is 10.2 Å². The van der Waals surface area contributed by atoms with Crippen LogP contribution in [0.15, 0.2) is 6.33 Å². The molecule has 1 saturated carbocycles. The standard InChI is InChI=1S/C26H41N3O4SSi/c1-7-29(25(30)31)18-9-11-19(12-10-18)33-23-22-21-17(14-15-32-35(5,6)26(2,3)4)8-13-20(21)34-24(22)28-16-27-23/h16-19H,7-15H2,1-6H3,(H,30,31)/t17-,18?,19?/m1/s1. The summed E-state index contributed by atoms with van der Waals surface area (Å²) in [6.07, 6.45) is 7.46. The Labute approximate surface area is 214 Å². The van der Waals surface area contributed by atoms with E-state index >= 15 is 0 Å². The number of ether oxygens (including phenoxy) is 1. The minimum absolute atomic E-state index is 0.0640. The van der Waals surface area contributed by atoms with Crippen LogP contribution in [0.4, 0.5) is 4.79 Å². The normalized spacial score (nSPS) is 22.9. The summed E-state index contributed by atoms with van der Waals surface area (Å²) in [5, 5.41) is 10.8. The monoisotopic (exact) mass is 519 g/mol. The van der Waals surface area contributed by atoms with Gasteiger partial charge in [-0.15, -0.1) is 11.3 Å². The Bertz CT molecular complexity index is 1040. The average molecular weight is 520 g/mol. The highest BCUT2D eigenvalue weighted by Gasteiger charge is 2.38. The first-order valence-corrected chi connectivity index (χ1v) is 16.8. The number of amides is 1. The maximum Gasteiger partial charge on any atom is 0.407 e. The molecule has 0 radical (unpaired) electrons. The number of thiophene rings is 1. The van der Waals surface area contributed by atoms with E-state index in [1.165, 1.54) is 10.4 Å². The summed E-state index contributed by atoms with van der Waals surface area (Å²) in [4.78, 5) is 24.7. The van der Waals surface area contributed by atoms with Crippen LogP contribution in [-0.2, 0) is 10.8 Å². The zero-order chi connectivity index (χ0) is 25.4. The highest BCUT2D eigenvalue weighted by molar-refractivity contribution is 7.19. The third-order valence-corrected chi connectivity index (χ3v) is 14.1. The molecule has 0 spiro atoms. The predicted octanol–water partition coefficient (Wildman–Crippen LogP) is 6.82. The van der Waals surface area contributed by atoms with Gasteiger partial charge < -0.3 is 19.2 Å². The van der Waals surface area contributed by atoms with Crippen molar-refractivity contribution in [2.24, 2.45) is 0 Å². The van der Waals surface area contributed by atoms with Gasteiger partial charge in [0.25, 0.3) is 0 Å². The van der Waals surface area contributed by atoms with Crippen LogP contribution in [0.2, 0.25) is 18.1 Å². The van der Waals surface area contributed by atoms with E-state index in [1.807, 2.05) is 6.92 Å². The van der Waals surface area contributed by atoms with E-state index in [0.29, 0.717) is 18.3 Å². The molecule has 35 heavy (non-hydrogen) atoms. The number of carboxylic acid groups (broad SMARTS) is 1. The van der Waals surface area contributed by atoms with E-state index in [2.05, 4.69) is 43.8 Å². The lowest BCUT2D eigenvalue weighted by atomic mass is 9.92. The Morgan fingerprint density at radius 3 is 2.54 bits per heavy atom. The minimum atomic E-state index is -1.76. The lowest BCUT2D eigenvalue weighted by molar-refractivity contribution is 0.0803. The number of carbonyl (C=O) groups is 1. The van der Waals surface area contributed by atoms with Crippen LogP contribution in [0.3, 0.4) is 0 Å². The Balaban J connectivity index is 1.46. The van der Waals surface area contributed by atoms with Gasteiger partial charge in [-0.2, -0.15) is 0 Å². The number of aromatic nitrogens is 2.